The van der Waals surface area contributed by atoms with Crippen LogP contribution in [0.15, 0.2) is 18.2 Å². The molecule has 0 aliphatic carbocycles. The molecular weight excluding hydrogens is 231 g/mol. The predicted molar refractivity (Wildman–Crippen MR) is 68.8 cm³/mol. The molecule has 18 heavy (non-hydrogen) atoms. The fourth-order valence-corrected chi connectivity index (χ4v) is 2.24. The minimum atomic E-state index is -0.282. The number of carbonyl (C=O) groups is 1. The zero-order chi connectivity index (χ0) is 13.3. The summed E-state index contributed by atoms with van der Waals surface area (Å²) in [6.07, 6.45) is 0.924. The molecule has 0 aromatic heterocycles. The van der Waals surface area contributed by atoms with E-state index in [4.69, 9.17) is 5.73 Å². The number of nitrogens with zero attached hydrogens (tertiary/aromatic N) is 1. The van der Waals surface area contributed by atoms with Crippen molar-refractivity contribution < 1.29 is 9.18 Å². The van der Waals surface area contributed by atoms with E-state index in [9.17, 15) is 9.18 Å². The highest BCUT2D eigenvalue weighted by atomic mass is 19.1. The Kier molecular flexibility index (Phi) is 3.66. The third-order valence-corrected chi connectivity index (χ3v) is 3.71. The van der Waals surface area contributed by atoms with Crippen LogP contribution in [-0.2, 0) is 0 Å². The van der Waals surface area contributed by atoms with Gasteiger partial charge in [-0.25, -0.2) is 4.39 Å². The van der Waals surface area contributed by atoms with Crippen LogP contribution in [-0.4, -0.2) is 29.9 Å². The maximum absolute atomic E-state index is 13.2. The van der Waals surface area contributed by atoms with Gasteiger partial charge in [0.2, 0.25) is 0 Å². The van der Waals surface area contributed by atoms with Crippen LogP contribution in [0.5, 0.6) is 0 Å². The normalized spacial score (nSPS) is 24.1. The molecule has 4 heteroatoms. The summed E-state index contributed by atoms with van der Waals surface area (Å²) in [6, 6.07) is 4.51. The van der Waals surface area contributed by atoms with Gasteiger partial charge in [0.15, 0.2) is 0 Å². The summed E-state index contributed by atoms with van der Waals surface area (Å²) in [5, 5.41) is 0. The van der Waals surface area contributed by atoms with Gasteiger partial charge in [0, 0.05) is 24.7 Å². The van der Waals surface area contributed by atoms with Gasteiger partial charge in [0.1, 0.15) is 5.82 Å². The van der Waals surface area contributed by atoms with Gasteiger partial charge in [0.05, 0.1) is 0 Å². The lowest BCUT2D eigenvalue weighted by Crippen LogP contribution is -2.49. The number of rotatable bonds is 1. The van der Waals surface area contributed by atoms with Crippen LogP contribution in [0, 0.1) is 18.7 Å². The molecule has 1 saturated heterocycles. The van der Waals surface area contributed by atoms with E-state index < -0.39 is 0 Å². The topological polar surface area (TPSA) is 46.3 Å². The van der Waals surface area contributed by atoms with E-state index in [2.05, 4.69) is 6.92 Å². The summed E-state index contributed by atoms with van der Waals surface area (Å²) in [4.78, 5) is 14.0. The molecule has 1 aromatic carbocycles. The number of nitrogens with two attached hydrogens (primary N) is 1. The summed E-state index contributed by atoms with van der Waals surface area (Å²) in [5.74, 6) is 0.111. The molecule has 2 unspecified atom stereocenters. The van der Waals surface area contributed by atoms with Gasteiger partial charge in [-0.2, -0.15) is 0 Å². The first kappa shape index (κ1) is 13.0. The Balaban J connectivity index is 2.14. The Hall–Kier alpha value is -1.42. The fraction of sp³-hybridized carbons (Fsp3) is 0.500. The van der Waals surface area contributed by atoms with E-state index in [0.29, 0.717) is 23.6 Å². The summed E-state index contributed by atoms with van der Waals surface area (Å²) >= 11 is 0. The number of hydrogen-bond acceptors (Lipinski definition) is 2. The van der Waals surface area contributed by atoms with Gasteiger partial charge >= 0.3 is 0 Å². The van der Waals surface area contributed by atoms with Crippen LogP contribution in [0.25, 0.3) is 0 Å². The molecule has 2 N–H and O–H groups in total. The molecule has 0 radical (unpaired) electrons. The van der Waals surface area contributed by atoms with E-state index in [1.807, 2.05) is 0 Å². The molecule has 3 nitrogen and oxygen atoms in total. The molecule has 0 spiro atoms. The zero-order valence-corrected chi connectivity index (χ0v) is 10.8. The highest BCUT2D eigenvalue weighted by Gasteiger charge is 2.26. The third kappa shape index (κ3) is 2.53. The Morgan fingerprint density at radius 1 is 1.50 bits per heavy atom. The van der Waals surface area contributed by atoms with Crippen LogP contribution in [0.3, 0.4) is 0 Å². The number of carbonyl (C=O) groups excluding carboxylic acids is 1. The van der Waals surface area contributed by atoms with Crippen molar-refractivity contribution in [3.8, 4) is 0 Å². The van der Waals surface area contributed by atoms with E-state index in [1.165, 1.54) is 12.1 Å². The minimum absolute atomic E-state index is 0.0317. The van der Waals surface area contributed by atoms with Gasteiger partial charge in [-0.1, -0.05) is 6.92 Å². The van der Waals surface area contributed by atoms with Gasteiger partial charge < -0.3 is 10.6 Å². The predicted octanol–water partition coefficient (Wildman–Crippen LogP) is 1.94. The van der Waals surface area contributed by atoms with Crippen molar-refractivity contribution in [1.82, 2.24) is 4.90 Å². The molecular formula is C14H19FN2O. The van der Waals surface area contributed by atoms with Crippen molar-refractivity contribution in [3.63, 3.8) is 0 Å². The summed E-state index contributed by atoms with van der Waals surface area (Å²) in [5.41, 5.74) is 7.02. The molecule has 0 bridgehead atoms. The first-order chi connectivity index (χ1) is 8.49. The Bertz CT molecular complexity index is 461. The van der Waals surface area contributed by atoms with E-state index in [0.717, 1.165) is 13.0 Å². The monoisotopic (exact) mass is 250 g/mol. The van der Waals surface area contributed by atoms with Crippen molar-refractivity contribution in [3.05, 3.63) is 35.1 Å². The van der Waals surface area contributed by atoms with Crippen LogP contribution in [0.1, 0.15) is 29.3 Å². The lowest BCUT2D eigenvalue weighted by Gasteiger charge is -2.35. The number of aryl methyl sites for hydroxylation is 1. The Morgan fingerprint density at radius 2 is 2.22 bits per heavy atom. The van der Waals surface area contributed by atoms with Crippen molar-refractivity contribution in [2.75, 3.05) is 13.1 Å². The van der Waals surface area contributed by atoms with Crippen molar-refractivity contribution in [2.24, 2.45) is 11.7 Å². The summed E-state index contributed by atoms with van der Waals surface area (Å²) in [7, 11) is 0. The lowest BCUT2D eigenvalue weighted by atomic mass is 9.94. The van der Waals surface area contributed by atoms with Crippen molar-refractivity contribution in [1.29, 1.82) is 0 Å². The number of amides is 1. The molecule has 1 aliphatic heterocycles. The molecule has 0 saturated carbocycles. The molecule has 2 rings (SSSR count). The second-order valence-corrected chi connectivity index (χ2v) is 5.14. The first-order valence-corrected chi connectivity index (χ1v) is 6.30. The smallest absolute Gasteiger partial charge is 0.253 e. The highest BCUT2D eigenvalue weighted by Crippen LogP contribution is 2.18. The van der Waals surface area contributed by atoms with Crippen LogP contribution < -0.4 is 5.73 Å². The van der Waals surface area contributed by atoms with E-state index >= 15 is 0 Å². The molecule has 1 amide bonds. The second-order valence-electron chi connectivity index (χ2n) is 5.14. The number of hydrogen-bond donors (Lipinski definition) is 1. The third-order valence-electron chi connectivity index (χ3n) is 3.71. The quantitative estimate of drug-likeness (QED) is 0.828. The number of piperidine rings is 1. The standard InChI is InChI=1S/C14H19FN2O/c1-9-5-6-17(8-13(9)16)14(18)11-3-4-12(15)10(2)7-11/h3-4,7,9,13H,5-6,8,16H2,1-2H3. The average molecular weight is 250 g/mol. The van der Waals surface area contributed by atoms with E-state index in [1.54, 1.807) is 17.9 Å². The molecule has 2 atom stereocenters. The second kappa shape index (κ2) is 5.06. The SMILES string of the molecule is Cc1cc(C(=O)N2CCC(C)C(N)C2)ccc1F. The molecule has 1 heterocycles. The average Bonchev–Trinajstić information content (AvgIpc) is 2.35. The zero-order valence-electron chi connectivity index (χ0n) is 10.8. The number of halogens is 1. The van der Waals surface area contributed by atoms with Gasteiger partial charge in [0.25, 0.3) is 5.91 Å². The summed E-state index contributed by atoms with van der Waals surface area (Å²) in [6.45, 7) is 5.07. The Labute approximate surface area is 107 Å². The maximum atomic E-state index is 13.2. The molecule has 1 aromatic rings. The van der Waals surface area contributed by atoms with E-state index in [-0.39, 0.29) is 17.8 Å². The summed E-state index contributed by atoms with van der Waals surface area (Å²) < 4.78 is 13.2. The highest BCUT2D eigenvalue weighted by molar-refractivity contribution is 5.94. The van der Waals surface area contributed by atoms with Crippen LogP contribution in [0.2, 0.25) is 0 Å². The van der Waals surface area contributed by atoms with Crippen molar-refractivity contribution in [2.45, 2.75) is 26.3 Å². The fourth-order valence-electron chi connectivity index (χ4n) is 2.24. The lowest BCUT2D eigenvalue weighted by molar-refractivity contribution is 0.0672. The molecule has 1 aliphatic rings. The van der Waals surface area contributed by atoms with Gasteiger partial charge in [-0.05, 0) is 43.0 Å². The number of likely N-dealkylation sites (tertiary alicyclic amines) is 1. The number of benzene rings is 1. The van der Waals surface area contributed by atoms with Crippen molar-refractivity contribution >= 4 is 5.91 Å². The first-order valence-electron chi connectivity index (χ1n) is 6.30. The minimum Gasteiger partial charge on any atom is -0.337 e. The molecule has 98 valence electrons. The van der Waals surface area contributed by atoms with Crippen LogP contribution >= 0.6 is 0 Å². The largest absolute Gasteiger partial charge is 0.337 e. The van der Waals surface area contributed by atoms with Gasteiger partial charge in [-0.15, -0.1) is 0 Å². The van der Waals surface area contributed by atoms with Gasteiger partial charge in [-0.3, -0.25) is 4.79 Å². The van der Waals surface area contributed by atoms with Crippen LogP contribution in [0.4, 0.5) is 4.39 Å². The molecule has 1 fully saturated rings. The maximum Gasteiger partial charge on any atom is 0.253 e. The Morgan fingerprint density at radius 3 is 2.83 bits per heavy atom.